The number of thiophene rings is 1. The third-order valence-electron chi connectivity index (χ3n) is 0.920. The van der Waals surface area contributed by atoms with Gasteiger partial charge in [-0.2, -0.15) is 13.2 Å². The highest BCUT2D eigenvalue weighted by Crippen LogP contribution is 2.23. The zero-order valence-corrected chi connectivity index (χ0v) is 6.41. The van der Waals surface area contributed by atoms with E-state index in [2.05, 4.69) is 4.74 Å². The number of carbonyl (C=O) groups is 1. The van der Waals surface area contributed by atoms with E-state index in [1.165, 1.54) is 17.5 Å². The number of ether oxygens (including phenoxy) is 1. The van der Waals surface area contributed by atoms with Gasteiger partial charge in [-0.25, -0.2) is 4.79 Å². The second-order valence-corrected chi connectivity index (χ2v) is 2.73. The van der Waals surface area contributed by atoms with Crippen molar-refractivity contribution >= 4 is 17.3 Å². The van der Waals surface area contributed by atoms with E-state index in [0.29, 0.717) is 0 Å². The van der Waals surface area contributed by atoms with Gasteiger partial charge < -0.3 is 4.74 Å². The lowest BCUT2D eigenvalue weighted by Crippen LogP contribution is -2.27. The molecule has 0 aromatic carbocycles. The summed E-state index contributed by atoms with van der Waals surface area (Å²) < 4.78 is 38.7. The molecule has 12 heavy (non-hydrogen) atoms. The van der Waals surface area contributed by atoms with Crippen molar-refractivity contribution < 1.29 is 22.7 Å². The van der Waals surface area contributed by atoms with Crippen LogP contribution in [0.3, 0.4) is 0 Å². The van der Waals surface area contributed by atoms with Crippen molar-refractivity contribution in [3.05, 3.63) is 17.5 Å². The Morgan fingerprint density at radius 2 is 2.17 bits per heavy atom. The topological polar surface area (TPSA) is 26.3 Å². The number of carbonyl (C=O) groups excluding carboxylic acids is 1. The summed E-state index contributed by atoms with van der Waals surface area (Å²) in [4.78, 5) is 10.2. The summed E-state index contributed by atoms with van der Waals surface area (Å²) in [5.41, 5.74) is 0. The van der Waals surface area contributed by atoms with Crippen LogP contribution in [0.4, 0.5) is 13.2 Å². The molecule has 0 saturated carbocycles. The van der Waals surface area contributed by atoms with Crippen LogP contribution in [0.1, 0.15) is 0 Å². The summed E-state index contributed by atoms with van der Waals surface area (Å²) in [6, 6.07) is 2.78. The second kappa shape index (κ2) is 3.14. The highest BCUT2D eigenvalue weighted by atomic mass is 32.1. The second-order valence-electron chi connectivity index (χ2n) is 1.82. The first-order chi connectivity index (χ1) is 5.50. The molecule has 0 saturated heterocycles. The predicted octanol–water partition coefficient (Wildman–Crippen LogP) is 2.22. The zero-order chi connectivity index (χ0) is 9.19. The molecule has 1 aromatic heterocycles. The largest absolute Gasteiger partial charge is 0.491 e. The Labute approximate surface area is 69.6 Å². The lowest BCUT2D eigenvalue weighted by molar-refractivity contribution is -0.189. The minimum Gasteiger partial charge on any atom is -0.409 e. The minimum atomic E-state index is -4.93. The molecule has 0 spiro atoms. The molecule has 1 heterocycles. The molecule has 0 radical (unpaired) electrons. The average Bonchev–Trinajstić information content (AvgIpc) is 2.37. The van der Waals surface area contributed by atoms with Crippen LogP contribution in [0.15, 0.2) is 17.5 Å². The van der Waals surface area contributed by atoms with E-state index >= 15 is 0 Å². The molecule has 0 aliphatic carbocycles. The Hall–Kier alpha value is -1.04. The third-order valence-corrected chi connectivity index (χ3v) is 1.66. The molecule has 0 aliphatic heterocycles. The smallest absolute Gasteiger partial charge is 0.409 e. The van der Waals surface area contributed by atoms with E-state index in [9.17, 15) is 18.0 Å². The van der Waals surface area contributed by atoms with Crippen LogP contribution in [0.2, 0.25) is 0 Å². The molecule has 0 aliphatic rings. The number of esters is 1. The minimum absolute atomic E-state index is 0.0580. The fraction of sp³-hybridized carbons (Fsp3) is 0.167. The SMILES string of the molecule is O=C(Oc1cccs1)C(F)(F)F. The van der Waals surface area contributed by atoms with Gasteiger partial charge in [-0.15, -0.1) is 11.3 Å². The lowest BCUT2D eigenvalue weighted by Gasteiger charge is -2.03. The van der Waals surface area contributed by atoms with Gasteiger partial charge in [-0.1, -0.05) is 0 Å². The van der Waals surface area contributed by atoms with Crippen LogP contribution < -0.4 is 4.74 Å². The molecule has 0 amide bonds. The van der Waals surface area contributed by atoms with Gasteiger partial charge in [0, 0.05) is 0 Å². The fourth-order valence-corrected chi connectivity index (χ4v) is 1.04. The van der Waals surface area contributed by atoms with Crippen LogP contribution >= 0.6 is 11.3 Å². The van der Waals surface area contributed by atoms with Gasteiger partial charge in [0.1, 0.15) is 0 Å². The average molecular weight is 196 g/mol. The Morgan fingerprint density at radius 1 is 1.50 bits per heavy atom. The molecule has 0 unspecified atom stereocenters. The monoisotopic (exact) mass is 196 g/mol. The van der Waals surface area contributed by atoms with Gasteiger partial charge in [0.05, 0.1) is 0 Å². The van der Waals surface area contributed by atoms with Crippen LogP contribution in [0.5, 0.6) is 5.06 Å². The maximum Gasteiger partial charge on any atom is 0.491 e. The first-order valence-corrected chi connectivity index (χ1v) is 3.70. The first kappa shape index (κ1) is 9.05. The molecule has 66 valence electrons. The van der Waals surface area contributed by atoms with Gasteiger partial charge in [0.15, 0.2) is 5.06 Å². The van der Waals surface area contributed by atoms with Crippen LogP contribution in [0, 0.1) is 0 Å². The van der Waals surface area contributed by atoms with Crippen molar-refractivity contribution in [3.8, 4) is 5.06 Å². The highest BCUT2D eigenvalue weighted by Gasteiger charge is 2.41. The van der Waals surface area contributed by atoms with Crippen molar-refractivity contribution in [1.82, 2.24) is 0 Å². The Morgan fingerprint density at radius 3 is 2.58 bits per heavy atom. The van der Waals surface area contributed by atoms with Gasteiger partial charge in [0.2, 0.25) is 0 Å². The number of rotatable bonds is 1. The van der Waals surface area contributed by atoms with Crippen molar-refractivity contribution in [2.45, 2.75) is 6.18 Å². The summed E-state index contributed by atoms with van der Waals surface area (Å²) in [5, 5.41) is 1.45. The number of halogens is 3. The summed E-state index contributed by atoms with van der Waals surface area (Å²) in [5.74, 6) is -2.19. The summed E-state index contributed by atoms with van der Waals surface area (Å²) in [6.07, 6.45) is -4.93. The molecule has 0 bridgehead atoms. The normalized spacial score (nSPS) is 11.2. The summed E-state index contributed by atoms with van der Waals surface area (Å²) >= 11 is 0.924. The molecule has 0 N–H and O–H groups in total. The Kier molecular flexibility index (Phi) is 2.37. The first-order valence-electron chi connectivity index (χ1n) is 2.82. The molecule has 0 fully saturated rings. The van der Waals surface area contributed by atoms with Gasteiger partial charge in [0.25, 0.3) is 0 Å². The van der Waals surface area contributed by atoms with Crippen molar-refractivity contribution in [1.29, 1.82) is 0 Å². The number of alkyl halides is 3. The third kappa shape index (κ3) is 2.23. The van der Waals surface area contributed by atoms with Gasteiger partial charge in [-0.3, -0.25) is 0 Å². The van der Waals surface area contributed by atoms with Crippen LogP contribution in [0.25, 0.3) is 0 Å². The molecule has 6 heteroatoms. The Bertz CT molecular complexity index is 265. The lowest BCUT2D eigenvalue weighted by atomic mass is 10.6. The van der Waals surface area contributed by atoms with Crippen molar-refractivity contribution in [3.63, 3.8) is 0 Å². The Balaban J connectivity index is 2.60. The van der Waals surface area contributed by atoms with Crippen molar-refractivity contribution in [2.75, 3.05) is 0 Å². The van der Waals surface area contributed by atoms with Crippen molar-refractivity contribution in [2.24, 2.45) is 0 Å². The predicted molar refractivity (Wildman–Crippen MR) is 36.0 cm³/mol. The standard InChI is InChI=1S/C6H3F3O2S/c7-6(8,9)5(10)11-4-2-1-3-12-4/h1-3H. The number of hydrogen-bond acceptors (Lipinski definition) is 3. The van der Waals surface area contributed by atoms with E-state index in [4.69, 9.17) is 0 Å². The van der Waals surface area contributed by atoms with Crippen LogP contribution in [-0.4, -0.2) is 12.1 Å². The van der Waals surface area contributed by atoms with Gasteiger partial charge >= 0.3 is 12.1 Å². The van der Waals surface area contributed by atoms with E-state index in [1.54, 1.807) is 0 Å². The molecule has 1 aromatic rings. The molecule has 0 atom stereocenters. The molecule has 1 rings (SSSR count). The van der Waals surface area contributed by atoms with E-state index in [1.807, 2.05) is 0 Å². The quantitative estimate of drug-likeness (QED) is 0.643. The maximum atomic E-state index is 11.6. The molecular formula is C6H3F3O2S. The van der Waals surface area contributed by atoms with E-state index < -0.39 is 12.1 Å². The van der Waals surface area contributed by atoms with Crippen LogP contribution in [-0.2, 0) is 4.79 Å². The molecule has 2 nitrogen and oxygen atoms in total. The highest BCUT2D eigenvalue weighted by molar-refractivity contribution is 7.11. The molecular weight excluding hydrogens is 193 g/mol. The summed E-state index contributed by atoms with van der Waals surface area (Å²) in [6.45, 7) is 0. The van der Waals surface area contributed by atoms with E-state index in [0.717, 1.165) is 11.3 Å². The zero-order valence-electron chi connectivity index (χ0n) is 5.59. The maximum absolute atomic E-state index is 11.6. The van der Waals surface area contributed by atoms with E-state index in [-0.39, 0.29) is 5.06 Å². The number of hydrogen-bond donors (Lipinski definition) is 0. The van der Waals surface area contributed by atoms with Gasteiger partial charge in [-0.05, 0) is 17.5 Å². The summed E-state index contributed by atoms with van der Waals surface area (Å²) in [7, 11) is 0. The fourth-order valence-electron chi connectivity index (χ4n) is 0.471.